The van der Waals surface area contributed by atoms with Crippen LogP contribution in [0.1, 0.15) is 11.1 Å². The third kappa shape index (κ3) is 4.81. The largest absolute Gasteiger partial charge is 0.272 e. The monoisotopic (exact) mass is 286 g/mol. The lowest BCUT2D eigenvalue weighted by molar-refractivity contribution is -0.118. The molecule has 0 saturated carbocycles. The van der Waals surface area contributed by atoms with Gasteiger partial charge in [0.25, 0.3) is 5.91 Å². The molecule has 1 heterocycles. The minimum Gasteiger partial charge on any atom is -0.272 e. The highest BCUT2D eigenvalue weighted by molar-refractivity contribution is 7.99. The van der Waals surface area contributed by atoms with Crippen molar-refractivity contribution >= 4 is 23.9 Å². The van der Waals surface area contributed by atoms with Gasteiger partial charge in [-0.3, -0.25) is 4.79 Å². The van der Waals surface area contributed by atoms with Gasteiger partial charge in [-0.25, -0.2) is 15.4 Å². The maximum absolute atomic E-state index is 11.6. The molecule has 0 bridgehead atoms. The number of hydrazone groups is 1. The number of benzene rings is 1. The van der Waals surface area contributed by atoms with Crippen molar-refractivity contribution in [1.29, 1.82) is 0 Å². The third-order valence-corrected chi connectivity index (χ3v) is 3.19. The molecular formula is C14H14N4OS. The average molecular weight is 286 g/mol. The van der Waals surface area contributed by atoms with Crippen LogP contribution in [-0.4, -0.2) is 27.8 Å². The first kappa shape index (κ1) is 14.2. The fourth-order valence-corrected chi connectivity index (χ4v) is 2.05. The van der Waals surface area contributed by atoms with Crippen LogP contribution in [0.25, 0.3) is 0 Å². The quantitative estimate of drug-likeness (QED) is 0.395. The number of nitrogens with one attached hydrogen (secondary N) is 1. The lowest BCUT2D eigenvalue weighted by Gasteiger charge is -1.99. The van der Waals surface area contributed by atoms with Crippen LogP contribution < -0.4 is 5.43 Å². The molecule has 1 aromatic heterocycles. The van der Waals surface area contributed by atoms with Gasteiger partial charge in [-0.1, -0.05) is 41.6 Å². The van der Waals surface area contributed by atoms with Crippen molar-refractivity contribution in [3.05, 3.63) is 53.9 Å². The molecule has 6 heteroatoms. The molecule has 1 aromatic carbocycles. The minimum absolute atomic E-state index is 0.189. The zero-order chi connectivity index (χ0) is 14.2. The van der Waals surface area contributed by atoms with Crippen LogP contribution in [0.5, 0.6) is 0 Å². The second-order valence-electron chi connectivity index (χ2n) is 4.03. The smallest absolute Gasteiger partial charge is 0.250 e. The van der Waals surface area contributed by atoms with Crippen molar-refractivity contribution in [2.24, 2.45) is 5.10 Å². The molecule has 0 fully saturated rings. The first-order valence-electron chi connectivity index (χ1n) is 6.02. The molecule has 1 N–H and O–H groups in total. The molecule has 0 aliphatic heterocycles. The Hall–Kier alpha value is -2.21. The van der Waals surface area contributed by atoms with Crippen LogP contribution >= 0.6 is 11.8 Å². The molecule has 2 aromatic rings. The summed E-state index contributed by atoms with van der Waals surface area (Å²) >= 11 is 1.27. The van der Waals surface area contributed by atoms with Gasteiger partial charge in [-0.2, -0.15) is 5.10 Å². The van der Waals surface area contributed by atoms with E-state index in [1.807, 2.05) is 31.2 Å². The predicted octanol–water partition coefficient (Wildman–Crippen LogP) is 2.03. The standard InChI is InChI=1S/C14H14N4OS/c1-11-4-2-5-12(8-11)9-17-18-13(19)10-20-14-15-6-3-7-16-14/h2-9H,10H2,1H3,(H,18,19)/b17-9+. The van der Waals surface area contributed by atoms with Gasteiger partial charge in [-0.05, 0) is 18.6 Å². The summed E-state index contributed by atoms with van der Waals surface area (Å²) in [5.74, 6) is 0.0428. The lowest BCUT2D eigenvalue weighted by Crippen LogP contribution is -2.19. The number of carbonyl (C=O) groups excluding carboxylic acids is 1. The number of hydrogen-bond acceptors (Lipinski definition) is 5. The predicted molar refractivity (Wildman–Crippen MR) is 79.7 cm³/mol. The Morgan fingerprint density at radius 1 is 1.35 bits per heavy atom. The highest BCUT2D eigenvalue weighted by atomic mass is 32.2. The van der Waals surface area contributed by atoms with E-state index in [0.29, 0.717) is 5.16 Å². The van der Waals surface area contributed by atoms with E-state index in [9.17, 15) is 4.79 Å². The molecule has 0 aliphatic rings. The molecule has 0 atom stereocenters. The second kappa shape index (κ2) is 7.40. The lowest BCUT2D eigenvalue weighted by atomic mass is 10.2. The Morgan fingerprint density at radius 2 is 2.15 bits per heavy atom. The molecule has 0 radical (unpaired) electrons. The van der Waals surface area contributed by atoms with Gasteiger partial charge in [0.1, 0.15) is 0 Å². The molecular weight excluding hydrogens is 272 g/mol. The molecule has 0 saturated heterocycles. The van der Waals surface area contributed by atoms with Crippen LogP contribution in [-0.2, 0) is 4.79 Å². The van der Waals surface area contributed by atoms with E-state index in [0.717, 1.165) is 11.1 Å². The molecule has 0 spiro atoms. The highest BCUT2D eigenvalue weighted by Gasteiger charge is 2.02. The molecule has 20 heavy (non-hydrogen) atoms. The van der Waals surface area contributed by atoms with E-state index in [-0.39, 0.29) is 11.7 Å². The van der Waals surface area contributed by atoms with E-state index in [4.69, 9.17) is 0 Å². The summed E-state index contributed by atoms with van der Waals surface area (Å²) in [6, 6.07) is 9.60. The minimum atomic E-state index is -0.189. The summed E-state index contributed by atoms with van der Waals surface area (Å²) in [5.41, 5.74) is 4.57. The van der Waals surface area contributed by atoms with Gasteiger partial charge in [0, 0.05) is 12.4 Å². The number of nitrogens with zero attached hydrogens (tertiary/aromatic N) is 3. The van der Waals surface area contributed by atoms with Gasteiger partial charge in [0.15, 0.2) is 5.16 Å². The number of amides is 1. The van der Waals surface area contributed by atoms with Crippen molar-refractivity contribution in [2.45, 2.75) is 12.1 Å². The van der Waals surface area contributed by atoms with Crippen LogP contribution in [0, 0.1) is 6.92 Å². The average Bonchev–Trinajstić information content (AvgIpc) is 2.46. The van der Waals surface area contributed by atoms with Crippen LogP contribution in [0.2, 0.25) is 0 Å². The van der Waals surface area contributed by atoms with Gasteiger partial charge in [-0.15, -0.1) is 0 Å². The molecule has 102 valence electrons. The van der Waals surface area contributed by atoms with Gasteiger partial charge >= 0.3 is 0 Å². The summed E-state index contributed by atoms with van der Waals surface area (Å²) in [4.78, 5) is 19.6. The van der Waals surface area contributed by atoms with Crippen LogP contribution in [0.15, 0.2) is 53.0 Å². The zero-order valence-electron chi connectivity index (χ0n) is 11.0. The third-order valence-electron chi connectivity index (χ3n) is 2.32. The molecule has 0 aliphatic carbocycles. The fraction of sp³-hybridized carbons (Fsp3) is 0.143. The Balaban J connectivity index is 1.78. The molecule has 0 unspecified atom stereocenters. The Kier molecular flexibility index (Phi) is 5.25. The van der Waals surface area contributed by atoms with Crippen molar-refractivity contribution in [3.63, 3.8) is 0 Å². The summed E-state index contributed by atoms with van der Waals surface area (Å²) in [6.45, 7) is 2.01. The SMILES string of the molecule is Cc1cccc(/C=N/NC(=O)CSc2ncccn2)c1. The normalized spacial score (nSPS) is 10.7. The number of aryl methyl sites for hydroxylation is 1. The molecule has 5 nitrogen and oxygen atoms in total. The van der Waals surface area contributed by atoms with E-state index in [1.54, 1.807) is 24.7 Å². The maximum Gasteiger partial charge on any atom is 0.250 e. The van der Waals surface area contributed by atoms with Crippen molar-refractivity contribution in [1.82, 2.24) is 15.4 Å². The van der Waals surface area contributed by atoms with E-state index in [1.165, 1.54) is 11.8 Å². The number of thioether (sulfide) groups is 1. The van der Waals surface area contributed by atoms with Gasteiger partial charge < -0.3 is 0 Å². The van der Waals surface area contributed by atoms with E-state index < -0.39 is 0 Å². The number of carbonyl (C=O) groups is 1. The Bertz CT molecular complexity index is 601. The second-order valence-corrected chi connectivity index (χ2v) is 4.97. The Morgan fingerprint density at radius 3 is 2.90 bits per heavy atom. The fourth-order valence-electron chi connectivity index (χ4n) is 1.45. The number of aromatic nitrogens is 2. The van der Waals surface area contributed by atoms with Gasteiger partial charge in [0.05, 0.1) is 12.0 Å². The van der Waals surface area contributed by atoms with E-state index >= 15 is 0 Å². The van der Waals surface area contributed by atoms with Crippen molar-refractivity contribution in [2.75, 3.05) is 5.75 Å². The number of hydrogen-bond donors (Lipinski definition) is 1. The summed E-state index contributed by atoms with van der Waals surface area (Å²) < 4.78 is 0. The van der Waals surface area contributed by atoms with Gasteiger partial charge in [0.2, 0.25) is 0 Å². The maximum atomic E-state index is 11.6. The van der Waals surface area contributed by atoms with Crippen molar-refractivity contribution < 1.29 is 4.79 Å². The Labute approximate surface area is 121 Å². The summed E-state index contributed by atoms with van der Waals surface area (Å²) in [6.07, 6.45) is 4.90. The van der Waals surface area contributed by atoms with Crippen molar-refractivity contribution in [3.8, 4) is 0 Å². The topological polar surface area (TPSA) is 67.2 Å². The highest BCUT2D eigenvalue weighted by Crippen LogP contribution is 2.09. The molecule has 1 amide bonds. The van der Waals surface area contributed by atoms with E-state index in [2.05, 4.69) is 20.5 Å². The zero-order valence-corrected chi connectivity index (χ0v) is 11.8. The summed E-state index contributed by atoms with van der Waals surface area (Å²) in [5, 5.41) is 4.49. The van der Waals surface area contributed by atoms with Crippen LogP contribution in [0.3, 0.4) is 0 Å². The first-order chi connectivity index (χ1) is 9.74. The van der Waals surface area contributed by atoms with Crippen LogP contribution in [0.4, 0.5) is 0 Å². The number of rotatable bonds is 5. The summed E-state index contributed by atoms with van der Waals surface area (Å²) in [7, 11) is 0. The first-order valence-corrected chi connectivity index (χ1v) is 7.01. The molecule has 2 rings (SSSR count).